The quantitative estimate of drug-likeness (QED) is 0.710. The summed E-state index contributed by atoms with van der Waals surface area (Å²) >= 11 is 0. The molecule has 1 aromatic rings. The lowest BCUT2D eigenvalue weighted by Gasteiger charge is -2.13. The number of epoxide rings is 1. The van der Waals surface area contributed by atoms with Gasteiger partial charge in [-0.05, 0) is 0 Å². The van der Waals surface area contributed by atoms with Gasteiger partial charge in [0.05, 0.1) is 33.5 Å². The molecule has 0 unspecified atom stereocenters. The van der Waals surface area contributed by atoms with Crippen LogP contribution in [0.2, 0.25) is 0 Å². The third-order valence-electron chi connectivity index (χ3n) is 2.41. The number of benzene rings is 1. The second kappa shape index (κ2) is 3.98. The average molecular weight is 210 g/mol. The average Bonchev–Trinajstić information content (AvgIpc) is 3.10. The van der Waals surface area contributed by atoms with Crippen LogP contribution in [0.4, 0.5) is 0 Å². The van der Waals surface area contributed by atoms with Crippen molar-refractivity contribution in [3.8, 4) is 17.2 Å². The molecule has 1 saturated heterocycles. The molecule has 15 heavy (non-hydrogen) atoms. The Balaban J connectivity index is 2.48. The summed E-state index contributed by atoms with van der Waals surface area (Å²) in [5, 5.41) is 0. The van der Waals surface area contributed by atoms with Gasteiger partial charge in [-0.2, -0.15) is 0 Å². The Morgan fingerprint density at radius 3 is 1.93 bits per heavy atom. The van der Waals surface area contributed by atoms with Crippen LogP contribution in [0.25, 0.3) is 0 Å². The Bertz CT molecular complexity index is 333. The van der Waals surface area contributed by atoms with Crippen LogP contribution in [0.5, 0.6) is 17.2 Å². The van der Waals surface area contributed by atoms with Crippen molar-refractivity contribution in [2.45, 2.75) is 6.10 Å². The fourth-order valence-corrected chi connectivity index (χ4v) is 1.56. The summed E-state index contributed by atoms with van der Waals surface area (Å²) in [6.45, 7) is 0.721. The third-order valence-corrected chi connectivity index (χ3v) is 2.41. The van der Waals surface area contributed by atoms with Crippen LogP contribution in [-0.4, -0.2) is 27.9 Å². The summed E-state index contributed by atoms with van der Waals surface area (Å²) in [4.78, 5) is 0. The fourth-order valence-electron chi connectivity index (χ4n) is 1.56. The molecule has 0 saturated carbocycles. The maximum absolute atomic E-state index is 5.29. The lowest BCUT2D eigenvalue weighted by molar-refractivity contribution is 0.350. The van der Waals surface area contributed by atoms with E-state index in [0.29, 0.717) is 5.75 Å². The van der Waals surface area contributed by atoms with E-state index in [9.17, 15) is 0 Å². The van der Waals surface area contributed by atoms with Gasteiger partial charge in [0.15, 0.2) is 0 Å². The van der Waals surface area contributed by atoms with E-state index >= 15 is 0 Å². The second-order valence-corrected chi connectivity index (χ2v) is 3.27. The maximum Gasteiger partial charge on any atom is 0.132 e. The molecule has 0 spiro atoms. The number of methoxy groups -OCH3 is 3. The normalized spacial score (nSPS) is 18.5. The molecule has 1 heterocycles. The fraction of sp³-hybridized carbons (Fsp3) is 0.455. The van der Waals surface area contributed by atoms with Gasteiger partial charge in [0.1, 0.15) is 23.4 Å². The van der Waals surface area contributed by atoms with Crippen molar-refractivity contribution < 1.29 is 18.9 Å². The zero-order valence-corrected chi connectivity index (χ0v) is 9.07. The maximum atomic E-state index is 5.29. The number of rotatable bonds is 4. The first kappa shape index (κ1) is 10.1. The highest BCUT2D eigenvalue weighted by molar-refractivity contribution is 5.52. The molecule has 82 valence electrons. The van der Waals surface area contributed by atoms with Gasteiger partial charge in [-0.15, -0.1) is 0 Å². The minimum atomic E-state index is 0.0980. The van der Waals surface area contributed by atoms with E-state index in [1.165, 1.54) is 0 Å². The highest BCUT2D eigenvalue weighted by atomic mass is 16.6. The van der Waals surface area contributed by atoms with Crippen LogP contribution < -0.4 is 14.2 Å². The first-order valence-corrected chi connectivity index (χ1v) is 4.71. The molecule has 4 heteroatoms. The number of ether oxygens (including phenoxy) is 4. The zero-order valence-electron chi connectivity index (χ0n) is 9.07. The van der Waals surface area contributed by atoms with Gasteiger partial charge in [0, 0.05) is 12.1 Å². The molecule has 0 bridgehead atoms. The third kappa shape index (κ3) is 1.85. The van der Waals surface area contributed by atoms with Crippen molar-refractivity contribution in [3.05, 3.63) is 17.7 Å². The topological polar surface area (TPSA) is 40.2 Å². The summed E-state index contributed by atoms with van der Waals surface area (Å²) in [7, 11) is 4.86. The van der Waals surface area contributed by atoms with Gasteiger partial charge in [0.2, 0.25) is 0 Å². The molecule has 4 nitrogen and oxygen atoms in total. The Kier molecular flexibility index (Phi) is 2.68. The van der Waals surface area contributed by atoms with Gasteiger partial charge < -0.3 is 18.9 Å². The van der Waals surface area contributed by atoms with Gasteiger partial charge in [-0.3, -0.25) is 0 Å². The standard InChI is InChI=1S/C11H14O4/c1-12-7-4-8(13-2)11(10-6-15-10)9(5-7)14-3/h4-5,10H,6H2,1-3H3/t10-/m0/s1. The minimum absolute atomic E-state index is 0.0980. The van der Waals surface area contributed by atoms with Gasteiger partial charge >= 0.3 is 0 Å². The zero-order chi connectivity index (χ0) is 10.8. The van der Waals surface area contributed by atoms with Gasteiger partial charge in [0.25, 0.3) is 0 Å². The second-order valence-electron chi connectivity index (χ2n) is 3.27. The van der Waals surface area contributed by atoms with Crippen molar-refractivity contribution in [1.29, 1.82) is 0 Å². The molecule has 1 aromatic carbocycles. The predicted octanol–water partition coefficient (Wildman–Crippen LogP) is 1.78. The van der Waals surface area contributed by atoms with Crippen molar-refractivity contribution in [1.82, 2.24) is 0 Å². The monoisotopic (exact) mass is 210 g/mol. The van der Waals surface area contributed by atoms with E-state index in [1.54, 1.807) is 21.3 Å². The highest BCUT2D eigenvalue weighted by Gasteiger charge is 2.32. The van der Waals surface area contributed by atoms with Crippen LogP contribution in [0, 0.1) is 0 Å². The Morgan fingerprint density at radius 2 is 1.60 bits per heavy atom. The van der Waals surface area contributed by atoms with Gasteiger partial charge in [-0.25, -0.2) is 0 Å². The summed E-state index contributed by atoms with van der Waals surface area (Å²) in [5.41, 5.74) is 0.959. The van der Waals surface area contributed by atoms with Crippen molar-refractivity contribution >= 4 is 0 Å². The van der Waals surface area contributed by atoms with E-state index in [0.717, 1.165) is 23.7 Å². The van der Waals surface area contributed by atoms with Crippen LogP contribution >= 0.6 is 0 Å². The van der Waals surface area contributed by atoms with E-state index in [4.69, 9.17) is 18.9 Å². The van der Waals surface area contributed by atoms with E-state index in [-0.39, 0.29) is 6.10 Å². The molecule has 0 aliphatic carbocycles. The molecule has 2 rings (SSSR count). The van der Waals surface area contributed by atoms with Crippen molar-refractivity contribution in [2.75, 3.05) is 27.9 Å². The van der Waals surface area contributed by atoms with Gasteiger partial charge in [-0.1, -0.05) is 0 Å². The summed E-state index contributed by atoms with van der Waals surface area (Å²) in [6.07, 6.45) is 0.0980. The van der Waals surface area contributed by atoms with Crippen LogP contribution in [-0.2, 0) is 4.74 Å². The number of hydrogen-bond acceptors (Lipinski definition) is 4. The van der Waals surface area contributed by atoms with Crippen LogP contribution in [0.1, 0.15) is 11.7 Å². The van der Waals surface area contributed by atoms with Crippen molar-refractivity contribution in [3.63, 3.8) is 0 Å². The molecule has 0 aromatic heterocycles. The van der Waals surface area contributed by atoms with Crippen molar-refractivity contribution in [2.24, 2.45) is 0 Å². The summed E-state index contributed by atoms with van der Waals surface area (Å²) in [5.74, 6) is 2.20. The minimum Gasteiger partial charge on any atom is -0.496 e. The predicted molar refractivity (Wildman–Crippen MR) is 54.8 cm³/mol. The molecule has 0 amide bonds. The molecule has 1 atom stereocenters. The largest absolute Gasteiger partial charge is 0.496 e. The summed E-state index contributed by atoms with van der Waals surface area (Å²) in [6, 6.07) is 3.67. The van der Waals surface area contributed by atoms with E-state index in [1.807, 2.05) is 12.1 Å². The highest BCUT2D eigenvalue weighted by Crippen LogP contribution is 2.44. The van der Waals surface area contributed by atoms with Crippen LogP contribution in [0.3, 0.4) is 0 Å². The lowest BCUT2D eigenvalue weighted by Crippen LogP contribution is -1.97. The Labute approximate surface area is 88.7 Å². The smallest absolute Gasteiger partial charge is 0.132 e. The number of hydrogen-bond donors (Lipinski definition) is 0. The Morgan fingerprint density at radius 1 is 1.07 bits per heavy atom. The first-order chi connectivity index (χ1) is 7.30. The first-order valence-electron chi connectivity index (χ1n) is 4.71. The Hall–Kier alpha value is -1.42. The molecule has 1 aliphatic rings. The molecule has 0 radical (unpaired) electrons. The molecule has 1 aliphatic heterocycles. The SMILES string of the molecule is COc1cc(OC)c([C@@H]2CO2)c(OC)c1. The molecular weight excluding hydrogens is 196 g/mol. The molecule has 0 N–H and O–H groups in total. The lowest BCUT2D eigenvalue weighted by atomic mass is 10.1. The molecule has 1 fully saturated rings. The summed E-state index contributed by atoms with van der Waals surface area (Å²) < 4.78 is 21.0. The molecular formula is C11H14O4. The van der Waals surface area contributed by atoms with E-state index < -0.39 is 0 Å². The van der Waals surface area contributed by atoms with Crippen LogP contribution in [0.15, 0.2) is 12.1 Å². The van der Waals surface area contributed by atoms with E-state index in [2.05, 4.69) is 0 Å².